The van der Waals surface area contributed by atoms with Crippen molar-refractivity contribution < 1.29 is 9.18 Å². The second-order valence-corrected chi connectivity index (χ2v) is 5.80. The van der Waals surface area contributed by atoms with E-state index in [0.29, 0.717) is 16.7 Å². The number of hydrogen-bond acceptors (Lipinski definition) is 2. The molecular weight excluding hydrogens is 293 g/mol. The minimum atomic E-state index is -0.240. The van der Waals surface area contributed by atoms with Crippen LogP contribution in [-0.4, -0.2) is 34.5 Å². The number of halogens is 1. The molecule has 0 atom stereocenters. The van der Waals surface area contributed by atoms with Gasteiger partial charge in [0.1, 0.15) is 12.4 Å². The van der Waals surface area contributed by atoms with Crippen LogP contribution in [0.15, 0.2) is 42.7 Å². The maximum Gasteiger partial charge on any atom is 0.241 e. The molecule has 4 nitrogen and oxygen atoms in total. The van der Waals surface area contributed by atoms with E-state index in [4.69, 9.17) is 0 Å². The zero-order valence-electron chi connectivity index (χ0n) is 13.4. The molecule has 1 aromatic carbocycles. The van der Waals surface area contributed by atoms with Gasteiger partial charge in [-0.15, -0.1) is 0 Å². The molecule has 0 aliphatic heterocycles. The number of hydrogen-bond donors (Lipinski definition) is 0. The van der Waals surface area contributed by atoms with Crippen molar-refractivity contribution in [3.8, 4) is 11.1 Å². The number of fused-ring (bicyclic) bond motifs is 1. The second kappa shape index (κ2) is 5.83. The lowest BCUT2D eigenvalue weighted by Crippen LogP contribution is -2.25. The van der Waals surface area contributed by atoms with E-state index in [1.807, 2.05) is 29.0 Å². The van der Waals surface area contributed by atoms with Gasteiger partial charge < -0.3 is 9.47 Å². The van der Waals surface area contributed by atoms with Crippen molar-refractivity contribution in [2.75, 3.05) is 14.1 Å². The van der Waals surface area contributed by atoms with Crippen LogP contribution >= 0.6 is 0 Å². The van der Waals surface area contributed by atoms with Crippen LogP contribution < -0.4 is 0 Å². The first-order chi connectivity index (χ1) is 11.0. The topological polar surface area (TPSA) is 38.1 Å². The second-order valence-electron chi connectivity index (χ2n) is 5.80. The SMILES string of the molecule is Cc1cccc(-c2cnc3ccn(CC(=O)N(C)C)c3c2)c1F. The van der Waals surface area contributed by atoms with Crippen LogP contribution in [0, 0.1) is 12.7 Å². The first-order valence-corrected chi connectivity index (χ1v) is 7.38. The summed E-state index contributed by atoms with van der Waals surface area (Å²) >= 11 is 0. The monoisotopic (exact) mass is 311 g/mol. The van der Waals surface area contributed by atoms with Crippen molar-refractivity contribution in [3.63, 3.8) is 0 Å². The highest BCUT2D eigenvalue weighted by atomic mass is 19.1. The van der Waals surface area contributed by atoms with Gasteiger partial charge in [-0.3, -0.25) is 9.78 Å². The Labute approximate surface area is 134 Å². The van der Waals surface area contributed by atoms with Gasteiger partial charge >= 0.3 is 0 Å². The van der Waals surface area contributed by atoms with Gasteiger partial charge in [0.05, 0.1) is 11.0 Å². The Morgan fingerprint density at radius 1 is 1.30 bits per heavy atom. The molecule has 1 amide bonds. The highest BCUT2D eigenvalue weighted by Gasteiger charge is 2.12. The van der Waals surface area contributed by atoms with Crippen LogP contribution in [0.1, 0.15) is 5.56 Å². The molecule has 0 saturated heterocycles. The summed E-state index contributed by atoms with van der Waals surface area (Å²) in [5, 5.41) is 0. The molecule has 2 heterocycles. The molecule has 3 rings (SSSR count). The summed E-state index contributed by atoms with van der Waals surface area (Å²) in [5.41, 5.74) is 3.43. The van der Waals surface area contributed by atoms with Crippen molar-refractivity contribution in [1.29, 1.82) is 0 Å². The summed E-state index contributed by atoms with van der Waals surface area (Å²) in [7, 11) is 3.44. The molecule has 0 radical (unpaired) electrons. The molecule has 0 N–H and O–H groups in total. The maximum atomic E-state index is 14.3. The van der Waals surface area contributed by atoms with Gasteiger partial charge in [0.2, 0.25) is 5.91 Å². The lowest BCUT2D eigenvalue weighted by Gasteiger charge is -2.12. The smallest absolute Gasteiger partial charge is 0.241 e. The molecule has 23 heavy (non-hydrogen) atoms. The zero-order chi connectivity index (χ0) is 16.6. The normalized spacial score (nSPS) is 11.0. The predicted molar refractivity (Wildman–Crippen MR) is 88.6 cm³/mol. The number of rotatable bonds is 3. The third kappa shape index (κ3) is 2.82. The van der Waals surface area contributed by atoms with Crippen molar-refractivity contribution in [2.45, 2.75) is 13.5 Å². The average Bonchev–Trinajstić information content (AvgIpc) is 2.92. The molecule has 0 aliphatic rings. The van der Waals surface area contributed by atoms with E-state index in [1.165, 1.54) is 0 Å². The Bertz CT molecular complexity index is 883. The van der Waals surface area contributed by atoms with E-state index in [-0.39, 0.29) is 18.3 Å². The lowest BCUT2D eigenvalue weighted by molar-refractivity contribution is -0.129. The van der Waals surface area contributed by atoms with Gasteiger partial charge in [-0.2, -0.15) is 0 Å². The number of benzene rings is 1. The van der Waals surface area contributed by atoms with E-state index in [9.17, 15) is 9.18 Å². The summed E-state index contributed by atoms with van der Waals surface area (Å²) < 4.78 is 16.2. The molecule has 0 spiro atoms. The summed E-state index contributed by atoms with van der Waals surface area (Å²) in [6.07, 6.45) is 3.49. The van der Waals surface area contributed by atoms with Crippen molar-refractivity contribution >= 4 is 16.9 Å². The fourth-order valence-corrected chi connectivity index (χ4v) is 2.51. The molecule has 0 fully saturated rings. The number of aryl methyl sites for hydroxylation is 1. The summed E-state index contributed by atoms with van der Waals surface area (Å²) in [5.74, 6) is -0.245. The number of nitrogens with zero attached hydrogens (tertiary/aromatic N) is 3. The van der Waals surface area contributed by atoms with Crippen molar-refractivity contribution in [3.05, 3.63) is 54.1 Å². The van der Waals surface area contributed by atoms with Crippen LogP contribution in [0.5, 0.6) is 0 Å². The van der Waals surface area contributed by atoms with Crippen LogP contribution in [-0.2, 0) is 11.3 Å². The molecule has 2 aromatic heterocycles. The number of amides is 1. The Hall–Kier alpha value is -2.69. The van der Waals surface area contributed by atoms with Crippen LogP contribution in [0.25, 0.3) is 22.2 Å². The number of pyridine rings is 1. The van der Waals surface area contributed by atoms with Gasteiger partial charge in [0.25, 0.3) is 0 Å². The minimum Gasteiger partial charge on any atom is -0.347 e. The van der Waals surface area contributed by atoms with E-state index in [0.717, 1.165) is 11.0 Å². The number of likely N-dealkylation sites (N-methyl/N-ethyl adjacent to an activating group) is 1. The summed E-state index contributed by atoms with van der Waals surface area (Å²) in [4.78, 5) is 17.9. The molecule has 118 valence electrons. The molecule has 0 saturated carbocycles. The Morgan fingerprint density at radius 2 is 2.09 bits per heavy atom. The van der Waals surface area contributed by atoms with E-state index in [2.05, 4.69) is 4.98 Å². The Balaban J connectivity index is 2.07. The van der Waals surface area contributed by atoms with Crippen LogP contribution in [0.4, 0.5) is 4.39 Å². The van der Waals surface area contributed by atoms with E-state index < -0.39 is 0 Å². The van der Waals surface area contributed by atoms with Gasteiger partial charge in [0, 0.05) is 37.6 Å². The predicted octanol–water partition coefficient (Wildman–Crippen LogP) is 3.24. The molecule has 0 aliphatic carbocycles. The third-order valence-corrected chi connectivity index (χ3v) is 3.93. The van der Waals surface area contributed by atoms with Crippen LogP contribution in [0.2, 0.25) is 0 Å². The molecule has 5 heteroatoms. The van der Waals surface area contributed by atoms with Gasteiger partial charge in [-0.25, -0.2) is 4.39 Å². The Kier molecular flexibility index (Phi) is 3.86. The lowest BCUT2D eigenvalue weighted by atomic mass is 10.0. The number of carbonyl (C=O) groups is 1. The van der Waals surface area contributed by atoms with Crippen molar-refractivity contribution in [1.82, 2.24) is 14.5 Å². The molecular formula is C18H18FN3O. The minimum absolute atomic E-state index is 0.00496. The van der Waals surface area contributed by atoms with Crippen molar-refractivity contribution in [2.24, 2.45) is 0 Å². The van der Waals surface area contributed by atoms with Gasteiger partial charge in [-0.1, -0.05) is 18.2 Å². The number of carbonyl (C=O) groups excluding carboxylic acids is 1. The first-order valence-electron chi connectivity index (χ1n) is 7.38. The van der Waals surface area contributed by atoms with E-state index in [1.54, 1.807) is 44.2 Å². The standard InChI is InChI=1S/C18H18FN3O/c1-12-5-4-6-14(18(12)19)13-9-16-15(20-10-13)7-8-22(16)11-17(23)21(2)3/h4-10H,11H2,1-3H3. The first kappa shape index (κ1) is 15.2. The van der Waals surface area contributed by atoms with Gasteiger partial charge in [-0.05, 0) is 24.6 Å². The van der Waals surface area contributed by atoms with Crippen LogP contribution in [0.3, 0.4) is 0 Å². The highest BCUT2D eigenvalue weighted by Crippen LogP contribution is 2.27. The quantitative estimate of drug-likeness (QED) is 0.745. The highest BCUT2D eigenvalue weighted by molar-refractivity contribution is 5.84. The molecule has 0 unspecified atom stereocenters. The largest absolute Gasteiger partial charge is 0.347 e. The van der Waals surface area contributed by atoms with E-state index >= 15 is 0 Å². The average molecular weight is 311 g/mol. The summed E-state index contributed by atoms with van der Waals surface area (Å²) in [6, 6.07) is 9.04. The molecule has 0 bridgehead atoms. The maximum absolute atomic E-state index is 14.3. The molecule has 3 aromatic rings. The summed E-state index contributed by atoms with van der Waals surface area (Å²) in [6.45, 7) is 1.97. The van der Waals surface area contributed by atoms with Gasteiger partial charge in [0.15, 0.2) is 0 Å². The fraction of sp³-hybridized carbons (Fsp3) is 0.222. The fourth-order valence-electron chi connectivity index (χ4n) is 2.51. The zero-order valence-corrected chi connectivity index (χ0v) is 13.4. The third-order valence-electron chi connectivity index (χ3n) is 3.93. The Morgan fingerprint density at radius 3 is 2.83 bits per heavy atom. The number of aromatic nitrogens is 2.